The average Bonchev–Trinajstić information content (AvgIpc) is 3.49. The summed E-state index contributed by atoms with van der Waals surface area (Å²) in [6, 6.07) is 8.48. The van der Waals surface area contributed by atoms with Crippen LogP contribution < -0.4 is 5.32 Å². The van der Waals surface area contributed by atoms with Gasteiger partial charge in [-0.3, -0.25) is 14.9 Å². The fraction of sp³-hybridized carbons (Fsp3) is 0.684. The summed E-state index contributed by atoms with van der Waals surface area (Å²) in [5.74, 6) is -0.0123. The second kappa shape index (κ2) is 13.8. The summed E-state index contributed by atoms with van der Waals surface area (Å²) in [4.78, 5) is 39.8. The summed E-state index contributed by atoms with van der Waals surface area (Å²) in [6.07, 6.45) is 10.0. The molecule has 0 aromatic heterocycles. The molecular formula is C38H54N6O3. The number of nitriles is 1. The van der Waals surface area contributed by atoms with Gasteiger partial charge >= 0.3 is 0 Å². The molecule has 47 heavy (non-hydrogen) atoms. The first-order valence-electron chi connectivity index (χ1n) is 18.0. The lowest BCUT2D eigenvalue weighted by atomic mass is 9.58. The number of rotatable bonds is 8. The summed E-state index contributed by atoms with van der Waals surface area (Å²) in [5.41, 5.74) is 3.65. The number of hydrogen-bond donors (Lipinski definition) is 1. The van der Waals surface area contributed by atoms with E-state index in [1.165, 1.54) is 22.8 Å². The Bertz CT molecular complexity index is 1440. The van der Waals surface area contributed by atoms with Gasteiger partial charge in [-0.15, -0.1) is 0 Å². The monoisotopic (exact) mass is 642 g/mol. The lowest BCUT2D eigenvalue weighted by molar-refractivity contribution is -0.154. The lowest BCUT2D eigenvalue weighted by Gasteiger charge is -2.54. The number of aryl methyl sites for hydroxylation is 1. The molecule has 3 fully saturated rings. The maximum Gasteiger partial charge on any atom is 0.246 e. The second-order valence-corrected chi connectivity index (χ2v) is 14.9. The number of amidine groups is 1. The smallest absolute Gasteiger partial charge is 0.246 e. The highest BCUT2D eigenvalue weighted by Crippen LogP contribution is 2.49. The number of likely N-dealkylation sites (N-methyl/N-ethyl adjacent to an activating group) is 1. The standard InChI is InChI=1S/C38H54N6O3/c1-6-10-27(4)38(47-25-30-13-9-20-42(30)5)40-34-32(36(41-38)43-21-22-44(33(45)7-2)29(24-43)16-19-39)15-18-37(35(34)46)17-14-31-26(3)11-8-12-28(31)23-37/h7-8,11-12,27,29-30,32,34,40H,2,6,9-10,13-18,20-25H2,1,3-5H3. The third-order valence-corrected chi connectivity index (χ3v) is 12.2. The predicted molar refractivity (Wildman–Crippen MR) is 184 cm³/mol. The highest BCUT2D eigenvalue weighted by Gasteiger charge is 2.57. The first kappa shape index (κ1) is 33.8. The zero-order valence-electron chi connectivity index (χ0n) is 29.0. The molecule has 254 valence electrons. The van der Waals surface area contributed by atoms with Crippen molar-refractivity contribution >= 4 is 17.5 Å². The van der Waals surface area contributed by atoms with Crippen LogP contribution in [0.25, 0.3) is 0 Å². The van der Waals surface area contributed by atoms with E-state index in [2.05, 4.69) is 73.8 Å². The maximum atomic E-state index is 15.1. The van der Waals surface area contributed by atoms with Crippen molar-refractivity contribution in [1.82, 2.24) is 20.0 Å². The Balaban J connectivity index is 1.38. The molecule has 0 bridgehead atoms. The number of nitrogens with one attached hydrogen (secondary N) is 1. The molecule has 2 saturated heterocycles. The van der Waals surface area contributed by atoms with Crippen molar-refractivity contribution in [1.29, 1.82) is 5.26 Å². The lowest BCUT2D eigenvalue weighted by Crippen LogP contribution is -2.71. The molecule has 1 N–H and O–H groups in total. The Kier molecular flexibility index (Phi) is 9.94. The number of fused-ring (bicyclic) bond motifs is 2. The number of amides is 1. The quantitative estimate of drug-likeness (QED) is 0.413. The fourth-order valence-corrected chi connectivity index (χ4v) is 9.28. The van der Waals surface area contributed by atoms with Crippen LogP contribution in [0.15, 0.2) is 35.8 Å². The molecule has 2 aliphatic carbocycles. The first-order chi connectivity index (χ1) is 22.6. The zero-order chi connectivity index (χ0) is 33.3. The number of carbonyl (C=O) groups excluding carboxylic acids is 2. The van der Waals surface area contributed by atoms with E-state index < -0.39 is 17.3 Å². The molecule has 1 saturated carbocycles. The van der Waals surface area contributed by atoms with Crippen molar-refractivity contribution in [3.05, 3.63) is 47.5 Å². The van der Waals surface area contributed by atoms with Crippen LogP contribution in [0.5, 0.6) is 0 Å². The van der Waals surface area contributed by atoms with Crippen molar-refractivity contribution in [2.24, 2.45) is 22.2 Å². The summed E-state index contributed by atoms with van der Waals surface area (Å²) < 4.78 is 7.01. The summed E-state index contributed by atoms with van der Waals surface area (Å²) >= 11 is 0. The van der Waals surface area contributed by atoms with Crippen molar-refractivity contribution in [3.8, 4) is 6.07 Å². The van der Waals surface area contributed by atoms with E-state index in [0.717, 1.165) is 70.2 Å². The summed E-state index contributed by atoms with van der Waals surface area (Å²) in [6.45, 7) is 13.5. The molecule has 9 heteroatoms. The molecule has 0 radical (unpaired) electrons. The number of benzene rings is 1. The number of ether oxygens (including phenoxy) is 1. The van der Waals surface area contributed by atoms with Gasteiger partial charge < -0.3 is 19.4 Å². The SMILES string of the molecule is C=CC(=O)N1CCN(C2=NC(OCC3CCCN3C)(C(C)CCC)NC3C(=O)C4(CCc5c(C)cccc5C4)CCC23)CC1CC#N. The Labute approximate surface area is 281 Å². The van der Waals surface area contributed by atoms with Crippen molar-refractivity contribution < 1.29 is 14.3 Å². The van der Waals surface area contributed by atoms with Gasteiger partial charge in [-0.2, -0.15) is 5.26 Å². The van der Waals surface area contributed by atoms with E-state index in [1.807, 2.05) is 0 Å². The molecule has 1 spiro atoms. The van der Waals surface area contributed by atoms with E-state index in [4.69, 9.17) is 9.73 Å². The third-order valence-electron chi connectivity index (χ3n) is 12.2. The van der Waals surface area contributed by atoms with Gasteiger partial charge in [0.05, 0.1) is 31.2 Å². The minimum absolute atomic E-state index is 0.0362. The number of hydrogen-bond acceptors (Lipinski definition) is 8. The third kappa shape index (κ3) is 6.29. The van der Waals surface area contributed by atoms with Crippen LogP contribution in [-0.4, -0.2) is 96.0 Å². The van der Waals surface area contributed by atoms with Crippen molar-refractivity contribution in [2.75, 3.05) is 39.8 Å². The number of likely N-dealkylation sites (tertiary alicyclic amines) is 1. The van der Waals surface area contributed by atoms with Crippen molar-refractivity contribution in [2.45, 2.75) is 109 Å². The minimum atomic E-state index is -1.04. The van der Waals surface area contributed by atoms with Gasteiger partial charge in [0.2, 0.25) is 11.8 Å². The molecular weight excluding hydrogens is 588 g/mol. The van der Waals surface area contributed by atoms with Crippen LogP contribution >= 0.6 is 0 Å². The molecule has 7 unspecified atom stereocenters. The number of ketones is 1. The zero-order valence-corrected chi connectivity index (χ0v) is 29.0. The number of aliphatic imine (C=N–C) groups is 1. The normalized spacial score (nSPS) is 33.2. The number of nitrogens with zero attached hydrogens (tertiary/aromatic N) is 5. The highest BCUT2D eigenvalue weighted by atomic mass is 16.5. The Hall–Kier alpha value is -3.06. The van der Waals surface area contributed by atoms with Crippen molar-refractivity contribution in [3.63, 3.8) is 0 Å². The van der Waals surface area contributed by atoms with Gasteiger partial charge in [-0.25, -0.2) is 4.99 Å². The largest absolute Gasteiger partial charge is 0.356 e. The molecule has 6 rings (SSSR count). The molecule has 3 aliphatic heterocycles. The fourth-order valence-electron chi connectivity index (χ4n) is 9.28. The Morgan fingerprint density at radius 3 is 2.81 bits per heavy atom. The van der Waals surface area contributed by atoms with E-state index in [1.54, 1.807) is 4.90 Å². The van der Waals surface area contributed by atoms with E-state index in [9.17, 15) is 10.1 Å². The average molecular weight is 643 g/mol. The summed E-state index contributed by atoms with van der Waals surface area (Å²) in [7, 11) is 2.17. The Morgan fingerprint density at radius 2 is 2.09 bits per heavy atom. The van der Waals surface area contributed by atoms with Crippen LogP contribution in [0.2, 0.25) is 0 Å². The Morgan fingerprint density at radius 1 is 1.26 bits per heavy atom. The van der Waals surface area contributed by atoms with E-state index >= 15 is 4.79 Å². The van der Waals surface area contributed by atoms with Gasteiger partial charge in [0.25, 0.3) is 0 Å². The first-order valence-corrected chi connectivity index (χ1v) is 18.0. The molecule has 7 atom stereocenters. The van der Waals surface area contributed by atoms with Crippen LogP contribution in [0.1, 0.15) is 81.9 Å². The summed E-state index contributed by atoms with van der Waals surface area (Å²) in [5, 5.41) is 13.6. The van der Waals surface area contributed by atoms with Gasteiger partial charge in [0.15, 0.2) is 5.78 Å². The van der Waals surface area contributed by atoms with Crippen LogP contribution in [0, 0.1) is 35.5 Å². The maximum absolute atomic E-state index is 15.1. The number of piperazine rings is 1. The molecule has 1 aromatic rings. The molecule has 9 nitrogen and oxygen atoms in total. The molecule has 3 heterocycles. The topological polar surface area (TPSA) is 101 Å². The van der Waals surface area contributed by atoms with Gasteiger partial charge in [-0.1, -0.05) is 45.0 Å². The van der Waals surface area contributed by atoms with Crippen LogP contribution in [0.4, 0.5) is 0 Å². The minimum Gasteiger partial charge on any atom is -0.356 e. The van der Waals surface area contributed by atoms with Crippen LogP contribution in [0.3, 0.4) is 0 Å². The van der Waals surface area contributed by atoms with E-state index in [0.29, 0.717) is 38.1 Å². The van der Waals surface area contributed by atoms with Gasteiger partial charge in [0.1, 0.15) is 5.84 Å². The molecule has 5 aliphatic rings. The van der Waals surface area contributed by atoms with Gasteiger partial charge in [-0.05, 0) is 94.6 Å². The second-order valence-electron chi connectivity index (χ2n) is 14.9. The van der Waals surface area contributed by atoms with Crippen LogP contribution in [-0.2, 0) is 27.2 Å². The number of carbonyl (C=O) groups is 2. The number of Topliss-reactive ketones (excluding diaryl/α,β-unsaturated/α-hetero) is 1. The molecule has 1 amide bonds. The van der Waals surface area contributed by atoms with Gasteiger partial charge in [0, 0.05) is 42.9 Å². The predicted octanol–water partition coefficient (Wildman–Crippen LogP) is 4.63. The molecule has 1 aromatic carbocycles. The van der Waals surface area contributed by atoms with E-state index in [-0.39, 0.29) is 30.2 Å². The highest BCUT2D eigenvalue weighted by molar-refractivity contribution is 5.99.